The van der Waals surface area contributed by atoms with Gasteiger partial charge in [0.15, 0.2) is 5.84 Å². The van der Waals surface area contributed by atoms with Crippen LogP contribution in [-0.2, 0) is 27.4 Å². The van der Waals surface area contributed by atoms with Crippen LogP contribution in [0.15, 0.2) is 57.8 Å². The summed E-state index contributed by atoms with van der Waals surface area (Å²) in [6.07, 6.45) is -2.80. The first-order valence-electron chi connectivity index (χ1n) is 10.3. The Labute approximate surface area is 184 Å². The van der Waals surface area contributed by atoms with E-state index in [0.717, 1.165) is 12.1 Å². The number of nitrogens with one attached hydrogen (secondary N) is 1. The molecule has 0 bridgehead atoms. The van der Waals surface area contributed by atoms with Crippen LogP contribution in [0, 0.1) is 5.92 Å². The van der Waals surface area contributed by atoms with Gasteiger partial charge in [0, 0.05) is 31.1 Å². The molecule has 2 aliphatic rings. The molecular formula is C22H22F3N3O3S. The molecule has 2 aromatic carbocycles. The second kappa shape index (κ2) is 8.57. The molecule has 1 saturated heterocycles. The van der Waals surface area contributed by atoms with Crippen LogP contribution in [0.2, 0.25) is 0 Å². The topological polar surface area (TPSA) is 78.8 Å². The van der Waals surface area contributed by atoms with E-state index in [1.54, 1.807) is 18.2 Å². The number of piperidine rings is 1. The molecule has 0 radical (unpaired) electrons. The molecule has 1 amide bonds. The minimum absolute atomic E-state index is 0.0991. The smallest absolute Gasteiger partial charge is 0.356 e. The first kappa shape index (κ1) is 22.3. The minimum atomic E-state index is -4.36. The number of amides is 1. The third-order valence-corrected chi connectivity index (χ3v) is 7.10. The predicted octanol–water partition coefficient (Wildman–Crippen LogP) is 3.23. The van der Waals surface area contributed by atoms with Gasteiger partial charge in [-0.3, -0.25) is 4.79 Å². The highest BCUT2D eigenvalue weighted by Gasteiger charge is 2.34. The molecule has 0 aromatic heterocycles. The van der Waals surface area contributed by atoms with Gasteiger partial charge in [-0.15, -0.1) is 4.40 Å². The van der Waals surface area contributed by atoms with E-state index >= 15 is 0 Å². The van der Waals surface area contributed by atoms with Gasteiger partial charge in [0.1, 0.15) is 4.90 Å². The monoisotopic (exact) mass is 465 g/mol. The summed E-state index contributed by atoms with van der Waals surface area (Å²) in [6, 6.07) is 11.6. The van der Waals surface area contributed by atoms with Crippen LogP contribution < -0.4 is 5.32 Å². The molecule has 0 unspecified atom stereocenters. The number of benzene rings is 2. The third-order valence-electron chi connectivity index (χ3n) is 5.77. The van der Waals surface area contributed by atoms with Crippen molar-refractivity contribution in [2.75, 3.05) is 19.6 Å². The molecule has 6 nitrogen and oxygen atoms in total. The van der Waals surface area contributed by atoms with E-state index in [1.807, 2.05) is 4.90 Å². The summed E-state index contributed by atoms with van der Waals surface area (Å²) in [5, 5.41) is 2.85. The van der Waals surface area contributed by atoms with Crippen molar-refractivity contribution in [1.29, 1.82) is 0 Å². The second-order valence-electron chi connectivity index (χ2n) is 7.88. The highest BCUT2D eigenvalue weighted by atomic mass is 32.2. The molecular weight excluding hydrogens is 443 g/mol. The van der Waals surface area contributed by atoms with E-state index in [4.69, 9.17) is 0 Å². The van der Waals surface area contributed by atoms with Crippen LogP contribution in [0.4, 0.5) is 13.2 Å². The Morgan fingerprint density at radius 2 is 1.72 bits per heavy atom. The van der Waals surface area contributed by atoms with E-state index in [1.165, 1.54) is 18.2 Å². The Balaban J connectivity index is 1.27. The fraction of sp³-hybridized carbons (Fsp3) is 0.364. The van der Waals surface area contributed by atoms with Crippen molar-refractivity contribution in [2.45, 2.75) is 30.3 Å². The summed E-state index contributed by atoms with van der Waals surface area (Å²) >= 11 is 0. The van der Waals surface area contributed by atoms with Gasteiger partial charge in [0.25, 0.3) is 10.0 Å². The van der Waals surface area contributed by atoms with E-state index in [0.29, 0.717) is 55.9 Å². The van der Waals surface area contributed by atoms with Crippen molar-refractivity contribution >= 4 is 21.8 Å². The van der Waals surface area contributed by atoms with Gasteiger partial charge in [-0.1, -0.05) is 24.3 Å². The van der Waals surface area contributed by atoms with Gasteiger partial charge >= 0.3 is 6.18 Å². The Kier molecular flexibility index (Phi) is 5.98. The van der Waals surface area contributed by atoms with E-state index in [-0.39, 0.29) is 16.7 Å². The first-order valence-corrected chi connectivity index (χ1v) is 11.7. The lowest BCUT2D eigenvalue weighted by Gasteiger charge is -2.32. The fourth-order valence-electron chi connectivity index (χ4n) is 4.00. The lowest BCUT2D eigenvalue weighted by atomic mass is 9.95. The molecule has 170 valence electrons. The van der Waals surface area contributed by atoms with Crippen molar-refractivity contribution in [3.63, 3.8) is 0 Å². The Bertz CT molecular complexity index is 1140. The molecule has 1 fully saturated rings. The molecule has 0 aliphatic carbocycles. The summed E-state index contributed by atoms with van der Waals surface area (Å²) in [6.45, 7) is 1.36. The molecule has 1 N–H and O–H groups in total. The fourth-order valence-corrected chi connectivity index (χ4v) is 5.23. The number of nitrogens with zero attached hydrogens (tertiary/aromatic N) is 2. The maximum atomic E-state index is 12.6. The number of fused-ring (bicyclic) bond motifs is 1. The minimum Gasteiger partial charge on any atom is -0.356 e. The Hall–Kier alpha value is -2.88. The zero-order chi connectivity index (χ0) is 22.9. The van der Waals surface area contributed by atoms with Crippen LogP contribution in [0.1, 0.15) is 29.5 Å². The summed E-state index contributed by atoms with van der Waals surface area (Å²) in [5.74, 6) is 0.132. The number of halogens is 3. The quantitative estimate of drug-likeness (QED) is 0.752. The third kappa shape index (κ3) is 4.64. The Morgan fingerprint density at radius 1 is 1.06 bits per heavy atom. The highest BCUT2D eigenvalue weighted by Crippen LogP contribution is 2.30. The summed E-state index contributed by atoms with van der Waals surface area (Å²) in [5.41, 5.74) is 0.610. The van der Waals surface area contributed by atoms with Crippen LogP contribution in [0.3, 0.4) is 0 Å². The molecule has 32 heavy (non-hydrogen) atoms. The average Bonchev–Trinajstić information content (AvgIpc) is 3.05. The maximum Gasteiger partial charge on any atom is 0.416 e. The number of alkyl halides is 3. The molecule has 0 atom stereocenters. The van der Waals surface area contributed by atoms with Crippen molar-refractivity contribution in [1.82, 2.24) is 10.2 Å². The zero-order valence-corrected chi connectivity index (χ0v) is 17.9. The summed E-state index contributed by atoms with van der Waals surface area (Å²) in [7, 11) is -3.68. The molecule has 2 aromatic rings. The number of amidine groups is 1. The van der Waals surface area contributed by atoms with Crippen molar-refractivity contribution in [3.05, 3.63) is 65.2 Å². The SMILES string of the molecule is O=C(NCCc1ccc(C(F)(F)F)cc1)C1CCN(C2=NS(=O)(=O)c3ccccc32)CC1. The highest BCUT2D eigenvalue weighted by molar-refractivity contribution is 7.90. The van der Waals surface area contributed by atoms with E-state index in [2.05, 4.69) is 9.71 Å². The standard InChI is InChI=1S/C22H22F3N3O3S/c23-22(24,25)17-7-5-15(6-8-17)9-12-26-21(29)16-10-13-28(14-11-16)20-18-3-1-2-4-19(18)32(30,31)27-20/h1-8,16H,9-14H2,(H,26,29). The first-order chi connectivity index (χ1) is 15.1. The summed E-state index contributed by atoms with van der Waals surface area (Å²) in [4.78, 5) is 14.6. The number of hydrogen-bond acceptors (Lipinski definition) is 4. The zero-order valence-electron chi connectivity index (χ0n) is 17.1. The normalized spacial score (nSPS) is 18.2. The number of carbonyl (C=O) groups excluding carboxylic acids is 1. The lowest BCUT2D eigenvalue weighted by molar-refractivity contribution is -0.137. The number of sulfonamides is 1. The number of rotatable bonds is 4. The largest absolute Gasteiger partial charge is 0.416 e. The molecule has 0 spiro atoms. The van der Waals surface area contributed by atoms with Gasteiger partial charge in [0.05, 0.1) is 5.56 Å². The van der Waals surface area contributed by atoms with Crippen molar-refractivity contribution < 1.29 is 26.4 Å². The van der Waals surface area contributed by atoms with Gasteiger partial charge < -0.3 is 10.2 Å². The Morgan fingerprint density at radius 3 is 2.38 bits per heavy atom. The van der Waals surface area contributed by atoms with Crippen LogP contribution in [0.25, 0.3) is 0 Å². The number of hydrogen-bond donors (Lipinski definition) is 1. The van der Waals surface area contributed by atoms with Gasteiger partial charge in [-0.05, 0) is 49.1 Å². The molecule has 4 rings (SSSR count). The van der Waals surface area contributed by atoms with Crippen molar-refractivity contribution in [3.8, 4) is 0 Å². The molecule has 10 heteroatoms. The average molecular weight is 465 g/mol. The molecule has 0 saturated carbocycles. The van der Waals surface area contributed by atoms with Crippen LogP contribution >= 0.6 is 0 Å². The predicted molar refractivity (Wildman–Crippen MR) is 113 cm³/mol. The van der Waals surface area contributed by atoms with E-state index in [9.17, 15) is 26.4 Å². The van der Waals surface area contributed by atoms with Crippen LogP contribution in [0.5, 0.6) is 0 Å². The van der Waals surface area contributed by atoms with Gasteiger partial charge in [-0.25, -0.2) is 0 Å². The second-order valence-corrected chi connectivity index (χ2v) is 9.46. The van der Waals surface area contributed by atoms with Gasteiger partial charge in [-0.2, -0.15) is 21.6 Å². The molecule has 2 heterocycles. The van der Waals surface area contributed by atoms with Crippen molar-refractivity contribution in [2.24, 2.45) is 10.3 Å². The lowest BCUT2D eigenvalue weighted by Crippen LogP contribution is -2.43. The maximum absolute atomic E-state index is 12.6. The van der Waals surface area contributed by atoms with Gasteiger partial charge in [0.2, 0.25) is 5.91 Å². The number of carbonyl (C=O) groups is 1. The van der Waals surface area contributed by atoms with Crippen LogP contribution in [-0.4, -0.2) is 44.7 Å². The summed E-state index contributed by atoms with van der Waals surface area (Å²) < 4.78 is 66.3. The van der Waals surface area contributed by atoms with E-state index < -0.39 is 21.8 Å². The molecule has 2 aliphatic heterocycles. The number of likely N-dealkylation sites (tertiary alicyclic amines) is 1.